The van der Waals surface area contributed by atoms with Crippen LogP contribution in [0.4, 0.5) is 0 Å². The molecule has 0 amide bonds. The largest absolute Gasteiger partial charge is 0.294 e. The predicted molar refractivity (Wildman–Crippen MR) is 50.7 cm³/mol. The average molecular weight is 193 g/mol. The van der Waals surface area contributed by atoms with Gasteiger partial charge in [0.25, 0.3) is 0 Å². The molecule has 0 radical (unpaired) electrons. The van der Waals surface area contributed by atoms with Crippen molar-refractivity contribution in [3.63, 3.8) is 0 Å². The average Bonchev–Trinajstić information content (AvgIpc) is 2.62. The van der Waals surface area contributed by atoms with Crippen molar-refractivity contribution in [2.45, 2.75) is 13.5 Å². The van der Waals surface area contributed by atoms with E-state index in [1.807, 2.05) is 22.9 Å². The Bertz CT molecular complexity index is 476. The van der Waals surface area contributed by atoms with E-state index >= 15 is 0 Å². The molecule has 0 spiro atoms. The Morgan fingerprint density at radius 3 is 3.38 bits per heavy atom. The van der Waals surface area contributed by atoms with Crippen molar-refractivity contribution >= 4 is 16.3 Å². The van der Waals surface area contributed by atoms with Crippen LogP contribution in [0.3, 0.4) is 0 Å². The Kier molecular flexibility index (Phi) is 1.92. The van der Waals surface area contributed by atoms with Crippen LogP contribution in [-0.4, -0.2) is 9.38 Å². The fraction of sp³-hybridized carbons (Fsp3) is 0.286. The molecule has 2 rings (SSSR count). The number of thiazole rings is 1. The molecule has 2 heterocycles. The molecular formula is C7H7N5S. The van der Waals surface area contributed by atoms with Gasteiger partial charge in [-0.1, -0.05) is 5.11 Å². The molecule has 0 N–H and O–H groups in total. The smallest absolute Gasteiger partial charge is 0.194 e. The standard InChI is InChI=1S/C7H7N5S/c1-5-6(4-9-11-8)12-2-3-13-7(12)10-5/h2-3H,4H2,1H3. The van der Waals surface area contributed by atoms with Gasteiger partial charge in [0.1, 0.15) is 0 Å². The maximum absolute atomic E-state index is 8.21. The Morgan fingerprint density at radius 1 is 1.77 bits per heavy atom. The number of hydrogen-bond donors (Lipinski definition) is 0. The van der Waals surface area contributed by atoms with Gasteiger partial charge >= 0.3 is 0 Å². The number of hydrogen-bond acceptors (Lipinski definition) is 3. The van der Waals surface area contributed by atoms with Gasteiger partial charge in [-0.05, 0) is 12.5 Å². The molecule has 0 unspecified atom stereocenters. The van der Waals surface area contributed by atoms with E-state index in [1.165, 1.54) is 0 Å². The molecule has 2 aromatic rings. The summed E-state index contributed by atoms with van der Waals surface area (Å²) in [5, 5.41) is 5.49. The first-order chi connectivity index (χ1) is 6.33. The van der Waals surface area contributed by atoms with Gasteiger partial charge in [-0.25, -0.2) is 4.98 Å². The van der Waals surface area contributed by atoms with Crippen molar-refractivity contribution in [2.75, 3.05) is 0 Å². The summed E-state index contributed by atoms with van der Waals surface area (Å²) in [6, 6.07) is 0. The summed E-state index contributed by atoms with van der Waals surface area (Å²) < 4.78 is 1.95. The number of rotatable bonds is 2. The zero-order chi connectivity index (χ0) is 9.26. The van der Waals surface area contributed by atoms with Crippen LogP contribution in [0.1, 0.15) is 11.4 Å². The quantitative estimate of drug-likeness (QED) is 0.410. The topological polar surface area (TPSA) is 66.1 Å². The molecule has 0 atom stereocenters. The highest BCUT2D eigenvalue weighted by Crippen LogP contribution is 2.17. The van der Waals surface area contributed by atoms with E-state index in [2.05, 4.69) is 15.0 Å². The van der Waals surface area contributed by atoms with E-state index < -0.39 is 0 Å². The summed E-state index contributed by atoms with van der Waals surface area (Å²) in [5.41, 5.74) is 10.1. The van der Waals surface area contributed by atoms with Crippen molar-refractivity contribution in [2.24, 2.45) is 5.11 Å². The van der Waals surface area contributed by atoms with Gasteiger partial charge in [-0.15, -0.1) is 11.3 Å². The van der Waals surface area contributed by atoms with E-state index in [0.29, 0.717) is 6.54 Å². The van der Waals surface area contributed by atoms with Gasteiger partial charge < -0.3 is 0 Å². The molecule has 0 aliphatic rings. The third kappa shape index (κ3) is 1.26. The lowest BCUT2D eigenvalue weighted by Gasteiger charge is -1.92. The number of fused-ring (bicyclic) bond motifs is 1. The number of nitrogens with zero attached hydrogens (tertiary/aromatic N) is 5. The van der Waals surface area contributed by atoms with E-state index in [4.69, 9.17) is 5.53 Å². The molecule has 66 valence electrons. The van der Waals surface area contributed by atoms with Crippen LogP contribution in [0.15, 0.2) is 16.7 Å². The normalized spacial score (nSPS) is 10.2. The maximum Gasteiger partial charge on any atom is 0.194 e. The zero-order valence-corrected chi connectivity index (χ0v) is 7.82. The number of imidazole rings is 1. The molecule has 0 fully saturated rings. The third-order valence-corrected chi connectivity index (χ3v) is 2.60. The minimum Gasteiger partial charge on any atom is -0.294 e. The van der Waals surface area contributed by atoms with Crippen molar-refractivity contribution in [3.05, 3.63) is 33.4 Å². The lowest BCUT2D eigenvalue weighted by atomic mass is 10.3. The first-order valence-electron chi connectivity index (χ1n) is 3.75. The fourth-order valence-electron chi connectivity index (χ4n) is 1.23. The molecule has 2 aromatic heterocycles. The minimum absolute atomic E-state index is 0.361. The molecule has 5 nitrogen and oxygen atoms in total. The summed E-state index contributed by atoms with van der Waals surface area (Å²) >= 11 is 1.57. The molecule has 0 aromatic carbocycles. The lowest BCUT2D eigenvalue weighted by Crippen LogP contribution is -1.89. The summed E-state index contributed by atoms with van der Waals surface area (Å²) in [5.74, 6) is 0. The SMILES string of the molecule is Cc1nc2sccn2c1CN=[N+]=[N-]. The number of azide groups is 1. The molecule has 0 aliphatic heterocycles. The van der Waals surface area contributed by atoms with Gasteiger partial charge in [0.15, 0.2) is 4.96 Å². The van der Waals surface area contributed by atoms with Crippen LogP contribution < -0.4 is 0 Å². The highest BCUT2D eigenvalue weighted by Gasteiger charge is 2.07. The van der Waals surface area contributed by atoms with Gasteiger partial charge in [0.2, 0.25) is 0 Å². The predicted octanol–water partition coefficient (Wildman–Crippen LogP) is 2.51. The van der Waals surface area contributed by atoms with Crippen molar-refractivity contribution < 1.29 is 0 Å². The molecule has 0 saturated carbocycles. The molecule has 0 aliphatic carbocycles. The van der Waals surface area contributed by atoms with Crippen LogP contribution in [0.25, 0.3) is 15.4 Å². The van der Waals surface area contributed by atoms with Crippen LogP contribution in [0.5, 0.6) is 0 Å². The maximum atomic E-state index is 8.21. The molecule has 0 saturated heterocycles. The highest BCUT2D eigenvalue weighted by molar-refractivity contribution is 7.15. The highest BCUT2D eigenvalue weighted by atomic mass is 32.1. The van der Waals surface area contributed by atoms with E-state index in [-0.39, 0.29) is 0 Å². The van der Waals surface area contributed by atoms with Crippen molar-refractivity contribution in [1.82, 2.24) is 9.38 Å². The summed E-state index contributed by atoms with van der Waals surface area (Å²) in [6.45, 7) is 2.28. The van der Waals surface area contributed by atoms with Gasteiger partial charge in [-0.3, -0.25) is 4.40 Å². The monoisotopic (exact) mass is 193 g/mol. The van der Waals surface area contributed by atoms with Gasteiger partial charge in [0, 0.05) is 16.5 Å². The van der Waals surface area contributed by atoms with Gasteiger partial charge in [0.05, 0.1) is 17.9 Å². The molecule has 0 bridgehead atoms. The fourth-order valence-corrected chi connectivity index (χ4v) is 2.01. The Balaban J connectivity index is 2.56. The number of aryl methyl sites for hydroxylation is 1. The van der Waals surface area contributed by atoms with E-state index in [9.17, 15) is 0 Å². The van der Waals surface area contributed by atoms with Crippen molar-refractivity contribution in [3.8, 4) is 0 Å². The van der Waals surface area contributed by atoms with Crippen LogP contribution in [0, 0.1) is 6.92 Å². The van der Waals surface area contributed by atoms with E-state index in [0.717, 1.165) is 16.3 Å². The molecular weight excluding hydrogens is 186 g/mol. The third-order valence-electron chi connectivity index (χ3n) is 1.84. The zero-order valence-electron chi connectivity index (χ0n) is 7.01. The summed E-state index contributed by atoms with van der Waals surface area (Å²) in [6.07, 6.45) is 1.93. The first-order valence-corrected chi connectivity index (χ1v) is 4.63. The van der Waals surface area contributed by atoms with Gasteiger partial charge in [-0.2, -0.15) is 0 Å². The molecule has 6 heteroatoms. The summed E-state index contributed by atoms with van der Waals surface area (Å²) in [4.78, 5) is 8.00. The summed E-state index contributed by atoms with van der Waals surface area (Å²) in [7, 11) is 0. The second-order valence-electron chi connectivity index (χ2n) is 2.59. The van der Waals surface area contributed by atoms with Crippen molar-refractivity contribution in [1.29, 1.82) is 0 Å². The number of aromatic nitrogens is 2. The van der Waals surface area contributed by atoms with E-state index in [1.54, 1.807) is 11.3 Å². The lowest BCUT2D eigenvalue weighted by molar-refractivity contribution is 0.938. The Labute approximate surface area is 78.3 Å². The first kappa shape index (κ1) is 8.10. The second kappa shape index (κ2) is 3.08. The van der Waals surface area contributed by atoms with Crippen LogP contribution in [-0.2, 0) is 6.54 Å². The Morgan fingerprint density at radius 2 is 2.62 bits per heavy atom. The van der Waals surface area contributed by atoms with Crippen LogP contribution in [0.2, 0.25) is 0 Å². The Hall–Kier alpha value is -1.52. The second-order valence-corrected chi connectivity index (χ2v) is 3.46. The molecule has 13 heavy (non-hydrogen) atoms. The minimum atomic E-state index is 0.361. The van der Waals surface area contributed by atoms with Crippen LogP contribution >= 0.6 is 11.3 Å².